The molecule has 0 aliphatic rings. The van der Waals surface area contributed by atoms with Gasteiger partial charge in [0.15, 0.2) is 9.04 Å². The van der Waals surface area contributed by atoms with E-state index in [1.165, 1.54) is 0 Å². The van der Waals surface area contributed by atoms with Crippen LogP contribution in [0.5, 0.6) is 0 Å². The lowest BCUT2D eigenvalue weighted by molar-refractivity contribution is 0.416. The van der Waals surface area contributed by atoms with Crippen LogP contribution in [0.2, 0.25) is 13.1 Å². The van der Waals surface area contributed by atoms with Crippen LogP contribution in [-0.2, 0) is 8.78 Å². The molecule has 7 heavy (non-hydrogen) atoms. The molecule has 0 aliphatic heterocycles. The minimum Gasteiger partial charge on any atom is -0.357 e. The lowest BCUT2D eigenvalue weighted by Crippen LogP contribution is -1.99. The minimum absolute atomic E-state index is 1.25. The molecule has 0 bridgehead atoms. The van der Waals surface area contributed by atoms with Crippen molar-refractivity contribution in [3.63, 3.8) is 0 Å². The monoisotopic (exact) mass is 140 g/mol. The van der Waals surface area contributed by atoms with Crippen molar-refractivity contribution in [2.75, 3.05) is 0 Å². The first-order valence-corrected chi connectivity index (χ1v) is 6.07. The van der Waals surface area contributed by atoms with Crippen molar-refractivity contribution in [1.82, 2.24) is 0 Å². The third kappa shape index (κ3) is 6.37. The topological polar surface area (TPSA) is 46.5 Å². The zero-order valence-electron chi connectivity index (χ0n) is 4.34. The van der Waals surface area contributed by atoms with Crippen LogP contribution in [0.15, 0.2) is 0 Å². The summed E-state index contributed by atoms with van der Waals surface area (Å²) in [6.07, 6.45) is 0. The molecule has 0 rings (SSSR count). The lowest BCUT2D eigenvalue weighted by atomic mass is 11.9. The van der Waals surface area contributed by atoms with E-state index in [1.54, 1.807) is 0 Å². The molecule has 0 aliphatic carbocycles. The maximum atomic E-state index is 9.81. The fraction of sp³-hybridized carbons (Fsp3) is 1.00. The Bertz CT molecular complexity index is 73.3. The molecule has 1 atom stereocenters. The summed E-state index contributed by atoms with van der Waals surface area (Å²) in [5.41, 5.74) is 0. The van der Waals surface area contributed by atoms with E-state index in [0.717, 1.165) is 0 Å². The Labute approximate surface area is 45.0 Å². The number of rotatable bonds is 2. The molecule has 44 valence electrons. The summed E-state index contributed by atoms with van der Waals surface area (Å²) < 4.78 is 14.3. The highest BCUT2D eigenvalue weighted by Crippen LogP contribution is 2.15. The summed E-state index contributed by atoms with van der Waals surface area (Å²) in [4.78, 5) is 8.08. The van der Waals surface area contributed by atoms with Crippen molar-refractivity contribution in [3.8, 4) is 0 Å². The summed E-state index contributed by atoms with van der Waals surface area (Å²) >= 11 is 0. The molecule has 0 aromatic heterocycles. The second kappa shape index (κ2) is 3.38. The molecule has 0 spiro atoms. The molecule has 0 radical (unpaired) electrons. The fourth-order valence-electron chi connectivity index (χ4n) is 0.202. The Morgan fingerprint density at radius 3 is 2.14 bits per heavy atom. The van der Waals surface area contributed by atoms with Crippen LogP contribution in [0.1, 0.15) is 0 Å². The van der Waals surface area contributed by atoms with Crippen molar-refractivity contribution in [2.24, 2.45) is 0 Å². The molecular formula is C2H9O3PSi. The standard InChI is InChI=1S/C2H9O3PSi/c1-7(2)5-6(3)4/h6-7H,1-2H3,(H,3,4). The average molecular weight is 140 g/mol. The van der Waals surface area contributed by atoms with E-state index in [-0.39, 0.29) is 0 Å². The van der Waals surface area contributed by atoms with Gasteiger partial charge in [0.25, 0.3) is 0 Å². The molecule has 0 amide bonds. The normalized spacial score (nSPS) is 14.9. The minimum atomic E-state index is -2.62. The van der Waals surface area contributed by atoms with Gasteiger partial charge in [-0.3, -0.25) is 4.57 Å². The predicted molar refractivity (Wildman–Crippen MR) is 31.2 cm³/mol. The van der Waals surface area contributed by atoms with Crippen LogP contribution in [0.3, 0.4) is 0 Å². The molecule has 0 fully saturated rings. The highest BCUT2D eigenvalue weighted by molar-refractivity contribution is 7.34. The van der Waals surface area contributed by atoms with Gasteiger partial charge < -0.3 is 9.11 Å². The van der Waals surface area contributed by atoms with Crippen molar-refractivity contribution in [1.29, 1.82) is 0 Å². The molecule has 1 unspecified atom stereocenters. The van der Waals surface area contributed by atoms with Gasteiger partial charge in [0.05, 0.1) is 0 Å². The Balaban J connectivity index is 3.13. The first-order valence-electron chi connectivity index (χ1n) is 2.02. The van der Waals surface area contributed by atoms with Crippen molar-refractivity contribution < 1.29 is 13.7 Å². The van der Waals surface area contributed by atoms with E-state index < -0.39 is 17.3 Å². The third-order valence-corrected chi connectivity index (χ3v) is 3.03. The summed E-state index contributed by atoms with van der Waals surface area (Å²) in [6, 6.07) is 0. The van der Waals surface area contributed by atoms with E-state index in [2.05, 4.69) is 4.21 Å². The molecule has 0 saturated heterocycles. The van der Waals surface area contributed by atoms with Crippen LogP contribution in [-0.4, -0.2) is 13.9 Å². The smallest absolute Gasteiger partial charge is 0.306 e. The molecular weight excluding hydrogens is 131 g/mol. The van der Waals surface area contributed by atoms with Gasteiger partial charge in [-0.15, -0.1) is 0 Å². The van der Waals surface area contributed by atoms with Gasteiger partial charge in [-0.1, -0.05) is 0 Å². The van der Waals surface area contributed by atoms with Crippen LogP contribution in [0.25, 0.3) is 0 Å². The zero-order valence-corrected chi connectivity index (χ0v) is 6.50. The molecule has 0 aromatic carbocycles. The van der Waals surface area contributed by atoms with Crippen LogP contribution in [0, 0.1) is 0 Å². The Hall–Kier alpha value is 0.367. The zero-order chi connectivity index (χ0) is 5.86. The van der Waals surface area contributed by atoms with E-state index >= 15 is 0 Å². The summed E-state index contributed by atoms with van der Waals surface area (Å²) in [7, 11) is -3.87. The van der Waals surface area contributed by atoms with Crippen molar-refractivity contribution >= 4 is 17.3 Å². The van der Waals surface area contributed by atoms with E-state index in [9.17, 15) is 4.57 Å². The van der Waals surface area contributed by atoms with E-state index in [1.807, 2.05) is 13.1 Å². The van der Waals surface area contributed by atoms with Crippen LogP contribution < -0.4 is 0 Å². The Morgan fingerprint density at radius 2 is 2.14 bits per heavy atom. The lowest BCUT2D eigenvalue weighted by Gasteiger charge is -1.97. The van der Waals surface area contributed by atoms with Gasteiger partial charge >= 0.3 is 8.25 Å². The molecule has 0 aromatic rings. The highest BCUT2D eigenvalue weighted by Gasteiger charge is 1.96. The maximum absolute atomic E-state index is 9.81. The molecule has 1 N–H and O–H groups in total. The molecule has 0 heterocycles. The van der Waals surface area contributed by atoms with Crippen LogP contribution in [0.4, 0.5) is 0 Å². The largest absolute Gasteiger partial charge is 0.357 e. The maximum Gasteiger partial charge on any atom is 0.306 e. The molecule has 0 saturated carbocycles. The van der Waals surface area contributed by atoms with E-state index in [4.69, 9.17) is 4.89 Å². The molecule has 3 nitrogen and oxygen atoms in total. The fourth-order valence-corrected chi connectivity index (χ4v) is 1.81. The summed E-state index contributed by atoms with van der Waals surface area (Å²) in [5, 5.41) is 0. The van der Waals surface area contributed by atoms with Gasteiger partial charge in [0, 0.05) is 0 Å². The highest BCUT2D eigenvalue weighted by atomic mass is 31.1. The average Bonchev–Trinajstić information content (AvgIpc) is 1.27. The Morgan fingerprint density at radius 1 is 1.71 bits per heavy atom. The third-order valence-electron chi connectivity index (χ3n) is 0.337. The first kappa shape index (κ1) is 7.37. The van der Waals surface area contributed by atoms with Gasteiger partial charge in [0.2, 0.25) is 0 Å². The predicted octanol–water partition coefficient (Wildman–Crippen LogP) is 0.368. The SMILES string of the molecule is C[SiH](C)O[PH](=O)O. The van der Waals surface area contributed by atoms with Crippen LogP contribution >= 0.6 is 8.25 Å². The molecule has 5 heteroatoms. The second-order valence-electron chi connectivity index (χ2n) is 1.43. The van der Waals surface area contributed by atoms with Gasteiger partial charge in [-0.25, -0.2) is 0 Å². The first-order chi connectivity index (χ1) is 3.13. The second-order valence-corrected chi connectivity index (χ2v) is 5.00. The Kier molecular flexibility index (Phi) is 3.56. The quantitative estimate of drug-likeness (QED) is 0.445. The summed E-state index contributed by atoms with van der Waals surface area (Å²) in [5.74, 6) is 0. The van der Waals surface area contributed by atoms with Crippen molar-refractivity contribution in [2.45, 2.75) is 13.1 Å². The van der Waals surface area contributed by atoms with E-state index in [0.29, 0.717) is 0 Å². The van der Waals surface area contributed by atoms with Gasteiger partial charge in [-0.2, -0.15) is 0 Å². The summed E-state index contributed by atoms with van der Waals surface area (Å²) in [6.45, 7) is 3.69. The van der Waals surface area contributed by atoms with Crippen molar-refractivity contribution in [3.05, 3.63) is 0 Å². The van der Waals surface area contributed by atoms with Gasteiger partial charge in [0.1, 0.15) is 0 Å². The van der Waals surface area contributed by atoms with Gasteiger partial charge in [-0.05, 0) is 13.1 Å². The number of hydrogen-bond donors (Lipinski definition) is 1. The number of hydrogen-bond acceptors (Lipinski definition) is 2.